The molecular formula is C25H28FN7O3. The molecule has 1 saturated carbocycles. The van der Waals surface area contributed by atoms with E-state index in [0.717, 1.165) is 18.4 Å². The number of nitrogens with zero attached hydrogens (tertiary/aromatic N) is 5. The Bertz CT molecular complexity index is 1280. The van der Waals surface area contributed by atoms with Crippen LogP contribution in [0, 0.1) is 5.92 Å². The number of carbonyl (C=O) groups excluding carboxylic acids is 2. The molecule has 2 amide bonds. The minimum atomic E-state index is -1.36. The van der Waals surface area contributed by atoms with Gasteiger partial charge in [0.1, 0.15) is 11.9 Å². The molecule has 1 aliphatic carbocycles. The van der Waals surface area contributed by atoms with Gasteiger partial charge >= 0.3 is 0 Å². The quantitative estimate of drug-likeness (QED) is 0.517. The van der Waals surface area contributed by atoms with Crippen molar-refractivity contribution in [2.24, 2.45) is 18.7 Å². The van der Waals surface area contributed by atoms with Crippen molar-refractivity contribution in [1.82, 2.24) is 24.9 Å². The van der Waals surface area contributed by atoms with E-state index in [4.69, 9.17) is 10.5 Å². The molecule has 3 aromatic rings. The Morgan fingerprint density at radius 2 is 2.06 bits per heavy atom. The maximum atomic E-state index is 15.0. The van der Waals surface area contributed by atoms with Crippen molar-refractivity contribution in [2.45, 2.75) is 38.1 Å². The fourth-order valence-electron chi connectivity index (χ4n) is 4.24. The van der Waals surface area contributed by atoms with E-state index < -0.39 is 12.3 Å². The van der Waals surface area contributed by atoms with Crippen LogP contribution in [0.1, 0.15) is 35.3 Å². The summed E-state index contributed by atoms with van der Waals surface area (Å²) in [5.41, 5.74) is 9.07. The number of aromatic nitrogens is 4. The normalized spacial score (nSPS) is 19.7. The average Bonchev–Trinajstić information content (AvgIpc) is 3.65. The zero-order chi connectivity index (χ0) is 25.2. The number of carbonyl (C=O) groups is 2. The van der Waals surface area contributed by atoms with Gasteiger partial charge in [-0.05, 0) is 43.2 Å². The van der Waals surface area contributed by atoms with Gasteiger partial charge in [-0.15, -0.1) is 5.10 Å². The molecule has 3 heterocycles. The molecule has 2 aromatic heterocycles. The molecule has 0 radical (unpaired) electrons. The Morgan fingerprint density at radius 1 is 1.22 bits per heavy atom. The molecule has 0 bridgehead atoms. The number of pyridine rings is 1. The van der Waals surface area contributed by atoms with E-state index in [0.29, 0.717) is 35.7 Å². The molecule has 2 atom stereocenters. The summed E-state index contributed by atoms with van der Waals surface area (Å²) in [6.45, 7) is 0.460. The van der Waals surface area contributed by atoms with Gasteiger partial charge in [-0.3, -0.25) is 19.3 Å². The molecule has 0 unspecified atom stereocenters. The first-order valence-corrected chi connectivity index (χ1v) is 12.0. The minimum Gasteiger partial charge on any atom is -0.487 e. The lowest BCUT2D eigenvalue weighted by Crippen LogP contribution is -2.49. The highest BCUT2D eigenvalue weighted by Gasteiger charge is 2.34. The molecule has 2 aliphatic rings. The predicted octanol–water partition coefficient (Wildman–Crippen LogP) is 2.32. The summed E-state index contributed by atoms with van der Waals surface area (Å²) in [6, 6.07) is 9.04. The summed E-state index contributed by atoms with van der Waals surface area (Å²) in [6.07, 6.45) is 3.30. The number of halogens is 1. The second-order valence-electron chi connectivity index (χ2n) is 9.21. The van der Waals surface area contributed by atoms with Crippen LogP contribution in [0.3, 0.4) is 0 Å². The van der Waals surface area contributed by atoms with Crippen molar-refractivity contribution in [1.29, 1.82) is 0 Å². The van der Waals surface area contributed by atoms with Crippen LogP contribution in [0.4, 0.5) is 10.1 Å². The average molecular weight is 494 g/mol. The Morgan fingerprint density at radius 3 is 2.75 bits per heavy atom. The lowest BCUT2D eigenvalue weighted by Gasteiger charge is -2.34. The summed E-state index contributed by atoms with van der Waals surface area (Å²) in [5.74, 6) is 0.294. The number of piperidine rings is 1. The van der Waals surface area contributed by atoms with Crippen LogP contribution in [0.15, 0.2) is 42.7 Å². The Balaban J connectivity index is 1.25. The van der Waals surface area contributed by atoms with E-state index >= 15 is 4.39 Å². The van der Waals surface area contributed by atoms with Gasteiger partial charge in [0.15, 0.2) is 11.9 Å². The number of likely N-dealkylation sites (tertiary alicyclic amines) is 1. The number of nitrogens with one attached hydrogen (secondary N) is 1. The molecule has 1 aliphatic heterocycles. The highest BCUT2D eigenvalue weighted by atomic mass is 19.1. The molecule has 0 spiro atoms. The first-order chi connectivity index (χ1) is 17.4. The van der Waals surface area contributed by atoms with Gasteiger partial charge in [0.05, 0.1) is 18.4 Å². The number of alkyl halides is 1. The zero-order valence-corrected chi connectivity index (χ0v) is 19.9. The number of hydrogen-bond donors (Lipinski definition) is 2. The number of anilines is 1. The van der Waals surface area contributed by atoms with Crippen LogP contribution in [-0.4, -0.2) is 62.1 Å². The second-order valence-corrected chi connectivity index (χ2v) is 9.21. The Hall–Kier alpha value is -3.86. The third kappa shape index (κ3) is 5.20. The number of rotatable bonds is 7. The Labute approximate surface area is 207 Å². The van der Waals surface area contributed by atoms with E-state index in [2.05, 4.69) is 20.6 Å². The summed E-state index contributed by atoms with van der Waals surface area (Å²) in [5, 5.41) is 10.5. The third-order valence-corrected chi connectivity index (χ3v) is 6.42. The van der Waals surface area contributed by atoms with E-state index in [1.54, 1.807) is 25.4 Å². The van der Waals surface area contributed by atoms with Gasteiger partial charge in [-0.25, -0.2) is 4.39 Å². The predicted molar refractivity (Wildman–Crippen MR) is 130 cm³/mol. The van der Waals surface area contributed by atoms with Crippen LogP contribution in [-0.2, 0) is 18.4 Å². The van der Waals surface area contributed by atoms with Crippen molar-refractivity contribution < 1.29 is 18.7 Å². The van der Waals surface area contributed by atoms with Crippen molar-refractivity contribution in [2.75, 3.05) is 18.4 Å². The first kappa shape index (κ1) is 23.9. The SMILES string of the molecule is Cn1cc(C(=O)N2CC[C@H](Oc3ccc(-c4cc(NC(=O)C5CC5)ccn4)cc3CN)[C@H](F)C2)nn1. The van der Waals surface area contributed by atoms with Crippen LogP contribution in [0.25, 0.3) is 11.3 Å². The number of benzene rings is 1. The number of ether oxygens (including phenoxy) is 1. The summed E-state index contributed by atoms with van der Waals surface area (Å²) < 4.78 is 22.5. The standard InChI is InChI=1S/C25H28FN7O3/c1-32-14-21(30-31-32)25(35)33-9-7-23(19(26)13-33)36-22-5-4-16(10-17(22)12-27)20-11-18(6-8-28-20)29-24(34)15-2-3-15/h4-6,8,10-11,14-15,19,23H,2-3,7,9,12-13,27H2,1H3,(H,28,29,34)/t19-,23+/m1/s1. The number of hydrogen-bond acceptors (Lipinski definition) is 7. The highest BCUT2D eigenvalue weighted by Crippen LogP contribution is 2.32. The lowest BCUT2D eigenvalue weighted by atomic mass is 10.0. The molecule has 2 fully saturated rings. The van der Waals surface area contributed by atoms with Crippen molar-refractivity contribution in [3.05, 3.63) is 54.0 Å². The summed E-state index contributed by atoms with van der Waals surface area (Å²) >= 11 is 0. The molecule has 5 rings (SSSR count). The van der Waals surface area contributed by atoms with Gasteiger partial charge < -0.3 is 20.7 Å². The van der Waals surface area contributed by atoms with Crippen LogP contribution >= 0.6 is 0 Å². The molecular weight excluding hydrogens is 465 g/mol. The molecule has 10 nitrogen and oxygen atoms in total. The lowest BCUT2D eigenvalue weighted by molar-refractivity contribution is -0.117. The minimum absolute atomic E-state index is 0.0313. The molecule has 36 heavy (non-hydrogen) atoms. The molecule has 3 N–H and O–H groups in total. The zero-order valence-electron chi connectivity index (χ0n) is 19.9. The van der Waals surface area contributed by atoms with Crippen molar-refractivity contribution in [3.63, 3.8) is 0 Å². The van der Waals surface area contributed by atoms with E-state index in [1.165, 1.54) is 15.8 Å². The van der Waals surface area contributed by atoms with E-state index in [1.807, 2.05) is 18.2 Å². The summed E-state index contributed by atoms with van der Waals surface area (Å²) in [4.78, 5) is 30.5. The van der Waals surface area contributed by atoms with Crippen LogP contribution < -0.4 is 15.8 Å². The van der Waals surface area contributed by atoms with Gasteiger partial charge in [0.2, 0.25) is 5.91 Å². The molecule has 1 aromatic carbocycles. The third-order valence-electron chi connectivity index (χ3n) is 6.42. The van der Waals surface area contributed by atoms with Gasteiger partial charge in [0.25, 0.3) is 5.91 Å². The Kier molecular flexibility index (Phi) is 6.64. The fraction of sp³-hybridized carbons (Fsp3) is 0.400. The number of nitrogens with two attached hydrogens (primary N) is 1. The maximum Gasteiger partial charge on any atom is 0.276 e. The van der Waals surface area contributed by atoms with Crippen molar-refractivity contribution >= 4 is 17.5 Å². The first-order valence-electron chi connectivity index (χ1n) is 12.0. The van der Waals surface area contributed by atoms with Crippen LogP contribution in [0.5, 0.6) is 5.75 Å². The second kappa shape index (κ2) is 10.0. The number of aryl methyl sites for hydroxylation is 1. The smallest absolute Gasteiger partial charge is 0.276 e. The monoisotopic (exact) mass is 493 g/mol. The molecule has 188 valence electrons. The van der Waals surface area contributed by atoms with E-state index in [9.17, 15) is 9.59 Å². The van der Waals surface area contributed by atoms with Gasteiger partial charge in [-0.1, -0.05) is 5.21 Å². The summed E-state index contributed by atoms with van der Waals surface area (Å²) in [7, 11) is 1.67. The van der Waals surface area contributed by atoms with Gasteiger partial charge in [0, 0.05) is 55.5 Å². The van der Waals surface area contributed by atoms with E-state index in [-0.39, 0.29) is 36.5 Å². The molecule has 1 saturated heterocycles. The van der Waals surface area contributed by atoms with Crippen LogP contribution in [0.2, 0.25) is 0 Å². The molecule has 11 heteroatoms. The fourth-order valence-corrected chi connectivity index (χ4v) is 4.24. The maximum absolute atomic E-state index is 15.0. The largest absolute Gasteiger partial charge is 0.487 e. The highest BCUT2D eigenvalue weighted by molar-refractivity contribution is 5.94. The van der Waals surface area contributed by atoms with Crippen molar-refractivity contribution in [3.8, 4) is 17.0 Å². The number of amides is 2. The van der Waals surface area contributed by atoms with Gasteiger partial charge in [-0.2, -0.15) is 0 Å². The topological polar surface area (TPSA) is 128 Å².